The van der Waals surface area contributed by atoms with Crippen molar-refractivity contribution in [1.82, 2.24) is 19.9 Å². The minimum Gasteiger partial charge on any atom is -0.378 e. The molecule has 0 radical (unpaired) electrons. The highest BCUT2D eigenvalue weighted by molar-refractivity contribution is 9.10. The Kier molecular flexibility index (Phi) is 6.03. The van der Waals surface area contributed by atoms with Crippen molar-refractivity contribution in [2.24, 2.45) is 0 Å². The normalized spacial score (nSPS) is 14.1. The number of rotatable bonds is 7. The summed E-state index contributed by atoms with van der Waals surface area (Å²) in [6.45, 7) is 4.14. The van der Waals surface area contributed by atoms with Gasteiger partial charge in [0, 0.05) is 49.8 Å². The summed E-state index contributed by atoms with van der Waals surface area (Å²) in [5.74, 6) is 1.29. The lowest BCUT2D eigenvalue weighted by Crippen LogP contribution is -2.36. The SMILES string of the molecule is Brc1cnc(Nc2ccc(N3CCOCC3)cc2)nc1NCCc1c[nH]cn1. The lowest BCUT2D eigenvalue weighted by atomic mass is 10.2. The summed E-state index contributed by atoms with van der Waals surface area (Å²) >= 11 is 3.50. The molecule has 2 aromatic heterocycles. The average Bonchev–Trinajstić information content (AvgIpc) is 3.25. The maximum atomic E-state index is 5.41. The van der Waals surface area contributed by atoms with Crippen LogP contribution in [-0.4, -0.2) is 52.8 Å². The Morgan fingerprint density at radius 3 is 2.71 bits per heavy atom. The largest absolute Gasteiger partial charge is 0.378 e. The summed E-state index contributed by atoms with van der Waals surface area (Å²) < 4.78 is 6.23. The number of benzene rings is 1. The average molecular weight is 444 g/mol. The van der Waals surface area contributed by atoms with E-state index in [4.69, 9.17) is 4.74 Å². The minimum atomic E-state index is 0.546. The highest BCUT2D eigenvalue weighted by Gasteiger charge is 2.11. The molecule has 0 saturated carbocycles. The van der Waals surface area contributed by atoms with Crippen LogP contribution in [0, 0.1) is 0 Å². The van der Waals surface area contributed by atoms with Gasteiger partial charge >= 0.3 is 0 Å². The van der Waals surface area contributed by atoms with Crippen molar-refractivity contribution in [2.45, 2.75) is 6.42 Å². The smallest absolute Gasteiger partial charge is 0.229 e. The van der Waals surface area contributed by atoms with Crippen LogP contribution in [0.15, 0.2) is 47.5 Å². The molecule has 3 aromatic rings. The van der Waals surface area contributed by atoms with Crippen LogP contribution in [0.1, 0.15) is 5.69 Å². The maximum absolute atomic E-state index is 5.41. The fourth-order valence-electron chi connectivity index (χ4n) is 2.99. The van der Waals surface area contributed by atoms with Crippen molar-refractivity contribution >= 4 is 39.1 Å². The number of H-pyrrole nitrogens is 1. The molecule has 1 aliphatic rings. The Morgan fingerprint density at radius 1 is 1.14 bits per heavy atom. The first kappa shape index (κ1) is 18.7. The van der Waals surface area contributed by atoms with Crippen LogP contribution in [0.2, 0.25) is 0 Å². The third-order valence-corrected chi connectivity index (χ3v) is 5.05. The van der Waals surface area contributed by atoms with Gasteiger partial charge in [0.2, 0.25) is 5.95 Å². The van der Waals surface area contributed by atoms with Gasteiger partial charge in [-0.2, -0.15) is 4.98 Å². The predicted molar refractivity (Wildman–Crippen MR) is 113 cm³/mol. The second-order valence-electron chi connectivity index (χ2n) is 6.40. The van der Waals surface area contributed by atoms with Crippen LogP contribution < -0.4 is 15.5 Å². The summed E-state index contributed by atoms with van der Waals surface area (Å²) in [5.41, 5.74) is 3.16. The molecule has 8 nitrogen and oxygen atoms in total. The summed E-state index contributed by atoms with van der Waals surface area (Å²) in [5, 5.41) is 6.58. The maximum Gasteiger partial charge on any atom is 0.229 e. The van der Waals surface area contributed by atoms with Crippen molar-refractivity contribution in [1.29, 1.82) is 0 Å². The van der Waals surface area contributed by atoms with E-state index in [-0.39, 0.29) is 0 Å². The molecular formula is C19H22BrN7O. The van der Waals surface area contributed by atoms with Gasteiger partial charge in [0.1, 0.15) is 5.82 Å². The van der Waals surface area contributed by atoms with Gasteiger partial charge in [0.15, 0.2) is 0 Å². The van der Waals surface area contributed by atoms with Gasteiger partial charge in [-0.15, -0.1) is 0 Å². The van der Waals surface area contributed by atoms with Crippen molar-refractivity contribution in [3.63, 3.8) is 0 Å². The molecule has 4 rings (SSSR count). The Labute approximate surface area is 171 Å². The minimum absolute atomic E-state index is 0.546. The van der Waals surface area contributed by atoms with Crippen molar-refractivity contribution in [2.75, 3.05) is 48.4 Å². The second-order valence-corrected chi connectivity index (χ2v) is 7.25. The van der Waals surface area contributed by atoms with Crippen molar-refractivity contribution in [3.05, 3.63) is 53.2 Å². The number of imidazole rings is 1. The van der Waals surface area contributed by atoms with Crippen LogP contribution in [0.25, 0.3) is 0 Å². The fourth-order valence-corrected chi connectivity index (χ4v) is 3.33. The molecule has 0 bridgehead atoms. The van der Waals surface area contributed by atoms with Crippen molar-refractivity contribution in [3.8, 4) is 0 Å². The molecule has 0 spiro atoms. The Morgan fingerprint density at radius 2 is 1.96 bits per heavy atom. The molecule has 1 aliphatic heterocycles. The zero-order chi connectivity index (χ0) is 19.2. The molecule has 3 heterocycles. The molecular weight excluding hydrogens is 422 g/mol. The predicted octanol–water partition coefficient (Wildman–Crippen LogP) is 3.20. The number of nitrogens with zero attached hydrogens (tertiary/aromatic N) is 4. The summed E-state index contributed by atoms with van der Waals surface area (Å²) in [4.78, 5) is 18.4. The van der Waals surface area contributed by atoms with Gasteiger partial charge in [-0.1, -0.05) is 0 Å². The Balaban J connectivity index is 1.37. The molecule has 1 saturated heterocycles. The van der Waals surface area contributed by atoms with E-state index in [0.29, 0.717) is 5.95 Å². The van der Waals surface area contributed by atoms with Crippen molar-refractivity contribution < 1.29 is 4.74 Å². The third-order valence-electron chi connectivity index (χ3n) is 4.47. The molecule has 0 aliphatic carbocycles. The molecule has 1 aromatic carbocycles. The van der Waals surface area contributed by atoms with E-state index in [0.717, 1.165) is 60.9 Å². The van der Waals surface area contributed by atoms with Gasteiger partial charge in [0.25, 0.3) is 0 Å². The standard InChI is InChI=1S/C19H22BrN7O/c20-17-12-23-19(26-18(17)22-6-5-15-11-21-13-24-15)25-14-1-3-16(4-2-14)27-7-9-28-10-8-27/h1-4,11-13H,5-10H2,(H,21,24)(H2,22,23,25,26). The van der Waals surface area contributed by atoms with Gasteiger partial charge < -0.3 is 25.3 Å². The summed E-state index contributed by atoms with van der Waals surface area (Å²) in [6, 6.07) is 8.30. The first-order chi connectivity index (χ1) is 13.8. The van der Waals surface area contributed by atoms with Crippen LogP contribution in [-0.2, 0) is 11.2 Å². The number of aromatic nitrogens is 4. The molecule has 0 amide bonds. The molecule has 28 heavy (non-hydrogen) atoms. The van der Waals surface area contributed by atoms with Crippen LogP contribution in [0.5, 0.6) is 0 Å². The number of nitrogens with one attached hydrogen (secondary N) is 3. The van der Waals surface area contributed by atoms with Crippen LogP contribution in [0.4, 0.5) is 23.1 Å². The number of morpholine rings is 1. The molecule has 0 unspecified atom stereocenters. The third kappa shape index (κ3) is 4.79. The molecule has 146 valence electrons. The van der Waals surface area contributed by atoms with E-state index in [1.165, 1.54) is 5.69 Å². The number of aromatic amines is 1. The van der Waals surface area contributed by atoms with E-state index in [1.807, 2.05) is 18.3 Å². The van der Waals surface area contributed by atoms with E-state index >= 15 is 0 Å². The topological polar surface area (TPSA) is 91.0 Å². The fraction of sp³-hybridized carbons (Fsp3) is 0.316. The number of halogens is 1. The number of hydrogen-bond donors (Lipinski definition) is 3. The Hall–Kier alpha value is -2.65. The number of ether oxygens (including phenoxy) is 1. The van der Waals surface area contributed by atoms with Gasteiger partial charge in [0.05, 0.1) is 29.7 Å². The zero-order valence-corrected chi connectivity index (χ0v) is 16.9. The van der Waals surface area contributed by atoms with Gasteiger partial charge in [-0.3, -0.25) is 0 Å². The quantitative estimate of drug-likeness (QED) is 0.516. The molecule has 9 heteroatoms. The van der Waals surface area contributed by atoms with Gasteiger partial charge in [-0.25, -0.2) is 9.97 Å². The lowest BCUT2D eigenvalue weighted by molar-refractivity contribution is 0.122. The molecule has 1 fully saturated rings. The lowest BCUT2D eigenvalue weighted by Gasteiger charge is -2.28. The zero-order valence-electron chi connectivity index (χ0n) is 15.4. The first-order valence-corrected chi connectivity index (χ1v) is 10.0. The number of hydrogen-bond acceptors (Lipinski definition) is 7. The van der Waals surface area contributed by atoms with E-state index < -0.39 is 0 Å². The molecule has 3 N–H and O–H groups in total. The monoisotopic (exact) mass is 443 g/mol. The number of anilines is 4. The van der Waals surface area contributed by atoms with Gasteiger partial charge in [-0.05, 0) is 40.2 Å². The Bertz CT molecular complexity index is 880. The van der Waals surface area contributed by atoms with Crippen LogP contribution in [0.3, 0.4) is 0 Å². The van der Waals surface area contributed by atoms with E-state index in [9.17, 15) is 0 Å². The highest BCUT2D eigenvalue weighted by atomic mass is 79.9. The van der Waals surface area contributed by atoms with E-state index in [2.05, 4.69) is 63.5 Å². The highest BCUT2D eigenvalue weighted by Crippen LogP contribution is 2.24. The van der Waals surface area contributed by atoms with Crippen LogP contribution >= 0.6 is 15.9 Å². The summed E-state index contributed by atoms with van der Waals surface area (Å²) in [7, 11) is 0. The van der Waals surface area contributed by atoms with E-state index in [1.54, 1.807) is 12.5 Å². The molecule has 0 atom stereocenters. The second kappa shape index (κ2) is 9.03. The summed E-state index contributed by atoms with van der Waals surface area (Å²) in [6.07, 6.45) is 6.13. The first-order valence-electron chi connectivity index (χ1n) is 9.22.